The highest BCUT2D eigenvalue weighted by Gasteiger charge is 2.18. The van der Waals surface area contributed by atoms with E-state index in [1.165, 1.54) is 23.1 Å². The molecule has 1 saturated heterocycles. The molecule has 29 heavy (non-hydrogen) atoms. The maximum atomic E-state index is 13.1. The Bertz CT molecular complexity index is 1010. The lowest BCUT2D eigenvalue weighted by atomic mass is 10.1. The fraction of sp³-hybridized carbons (Fsp3) is 0.300. The fourth-order valence-electron chi connectivity index (χ4n) is 3.25. The van der Waals surface area contributed by atoms with Crippen LogP contribution in [0.1, 0.15) is 10.5 Å². The standard InChI is InChI=1S/C20H22FN7O/c1-26-7-9-28(10-8-26)19-12-18(22-13-23-19)24-20(29)17-11-16(25-27(17)2)14-3-5-15(21)6-4-14/h3-6,11-13H,7-10H2,1-2H3,(H,22,23,24,29). The van der Waals surface area contributed by atoms with E-state index in [-0.39, 0.29) is 11.7 Å². The van der Waals surface area contributed by atoms with Gasteiger partial charge in [0.2, 0.25) is 0 Å². The van der Waals surface area contributed by atoms with Gasteiger partial charge in [-0.3, -0.25) is 9.48 Å². The molecule has 0 bridgehead atoms. The van der Waals surface area contributed by atoms with E-state index in [0.29, 0.717) is 17.2 Å². The number of halogens is 1. The van der Waals surface area contributed by atoms with Gasteiger partial charge in [-0.25, -0.2) is 14.4 Å². The smallest absolute Gasteiger partial charge is 0.275 e. The van der Waals surface area contributed by atoms with Gasteiger partial charge in [0.15, 0.2) is 0 Å². The molecular formula is C20H22FN7O. The van der Waals surface area contributed by atoms with Crippen LogP contribution < -0.4 is 10.2 Å². The summed E-state index contributed by atoms with van der Waals surface area (Å²) in [5.41, 5.74) is 1.71. The topological polar surface area (TPSA) is 79.2 Å². The van der Waals surface area contributed by atoms with Crippen LogP contribution >= 0.6 is 0 Å². The number of benzene rings is 1. The van der Waals surface area contributed by atoms with Gasteiger partial charge in [0, 0.05) is 44.9 Å². The van der Waals surface area contributed by atoms with Gasteiger partial charge >= 0.3 is 0 Å². The quantitative estimate of drug-likeness (QED) is 0.728. The average molecular weight is 395 g/mol. The van der Waals surface area contributed by atoms with Crippen LogP contribution in [0.5, 0.6) is 0 Å². The van der Waals surface area contributed by atoms with Gasteiger partial charge in [-0.2, -0.15) is 5.10 Å². The molecule has 4 rings (SSSR count). The normalized spacial score (nSPS) is 14.8. The van der Waals surface area contributed by atoms with Gasteiger partial charge in [-0.1, -0.05) is 0 Å². The second kappa shape index (κ2) is 7.96. The summed E-state index contributed by atoms with van der Waals surface area (Å²) in [5, 5.41) is 7.17. The molecule has 1 N–H and O–H groups in total. The van der Waals surface area contributed by atoms with Crippen molar-refractivity contribution in [2.75, 3.05) is 43.4 Å². The fourth-order valence-corrected chi connectivity index (χ4v) is 3.25. The predicted molar refractivity (Wildman–Crippen MR) is 108 cm³/mol. The van der Waals surface area contributed by atoms with Crippen LogP contribution in [-0.4, -0.2) is 63.8 Å². The van der Waals surface area contributed by atoms with Crippen molar-refractivity contribution in [3.8, 4) is 11.3 Å². The number of likely N-dealkylation sites (N-methyl/N-ethyl adjacent to an activating group) is 1. The Balaban J connectivity index is 1.50. The van der Waals surface area contributed by atoms with Crippen LogP contribution in [0.4, 0.5) is 16.0 Å². The van der Waals surface area contributed by atoms with Crippen LogP contribution in [0.15, 0.2) is 42.7 Å². The van der Waals surface area contributed by atoms with Crippen molar-refractivity contribution in [2.45, 2.75) is 0 Å². The summed E-state index contributed by atoms with van der Waals surface area (Å²) in [4.78, 5) is 25.7. The largest absolute Gasteiger partial charge is 0.354 e. The first-order valence-corrected chi connectivity index (χ1v) is 9.36. The van der Waals surface area contributed by atoms with E-state index in [9.17, 15) is 9.18 Å². The molecule has 0 atom stereocenters. The number of carbonyl (C=O) groups excluding carboxylic acids is 1. The van der Waals surface area contributed by atoms with Gasteiger partial charge in [0.25, 0.3) is 5.91 Å². The average Bonchev–Trinajstić information content (AvgIpc) is 3.11. The molecular weight excluding hydrogens is 373 g/mol. The third-order valence-electron chi connectivity index (χ3n) is 4.97. The van der Waals surface area contributed by atoms with Gasteiger partial charge in [-0.05, 0) is 37.4 Å². The highest BCUT2D eigenvalue weighted by molar-refractivity contribution is 6.03. The number of aryl methyl sites for hydroxylation is 1. The second-order valence-electron chi connectivity index (χ2n) is 7.05. The molecule has 150 valence electrons. The number of piperazine rings is 1. The number of anilines is 2. The molecule has 1 aliphatic rings. The highest BCUT2D eigenvalue weighted by Crippen LogP contribution is 2.21. The van der Waals surface area contributed by atoms with Crippen LogP contribution in [0.2, 0.25) is 0 Å². The first-order chi connectivity index (χ1) is 14.0. The molecule has 0 aliphatic carbocycles. The number of carbonyl (C=O) groups is 1. The number of amides is 1. The molecule has 0 saturated carbocycles. The monoisotopic (exact) mass is 395 g/mol. The van der Waals surface area contributed by atoms with E-state index in [0.717, 1.165) is 37.6 Å². The third-order valence-corrected chi connectivity index (χ3v) is 4.97. The molecule has 1 fully saturated rings. The Morgan fingerprint density at radius 1 is 1.03 bits per heavy atom. The van der Waals surface area contributed by atoms with Crippen LogP contribution in [0, 0.1) is 5.82 Å². The number of nitrogens with zero attached hydrogens (tertiary/aromatic N) is 6. The minimum atomic E-state index is -0.323. The maximum absolute atomic E-state index is 13.1. The van der Waals surface area contributed by atoms with Crippen molar-refractivity contribution in [3.63, 3.8) is 0 Å². The van der Waals surface area contributed by atoms with Crippen molar-refractivity contribution >= 4 is 17.5 Å². The SMILES string of the molecule is CN1CCN(c2cc(NC(=O)c3cc(-c4ccc(F)cc4)nn3C)ncn2)CC1. The minimum absolute atomic E-state index is 0.317. The molecule has 1 aliphatic heterocycles. The summed E-state index contributed by atoms with van der Waals surface area (Å²) in [6.07, 6.45) is 1.45. The van der Waals surface area contributed by atoms with Gasteiger partial charge in [-0.15, -0.1) is 0 Å². The summed E-state index contributed by atoms with van der Waals surface area (Å²) >= 11 is 0. The highest BCUT2D eigenvalue weighted by atomic mass is 19.1. The van der Waals surface area contributed by atoms with Crippen molar-refractivity contribution in [3.05, 3.63) is 54.2 Å². The first kappa shape index (κ1) is 19.0. The lowest BCUT2D eigenvalue weighted by Crippen LogP contribution is -2.44. The molecule has 8 nitrogen and oxygen atoms in total. The predicted octanol–water partition coefficient (Wildman–Crippen LogP) is 2.02. The second-order valence-corrected chi connectivity index (χ2v) is 7.05. The Morgan fingerprint density at radius 3 is 2.48 bits per heavy atom. The summed E-state index contributed by atoms with van der Waals surface area (Å²) in [5.74, 6) is 0.586. The number of aromatic nitrogens is 4. The van der Waals surface area contributed by atoms with Gasteiger partial charge < -0.3 is 15.1 Å². The zero-order valence-corrected chi connectivity index (χ0v) is 16.3. The number of rotatable bonds is 4. The molecule has 9 heteroatoms. The zero-order chi connectivity index (χ0) is 20.4. The summed E-state index contributed by atoms with van der Waals surface area (Å²) in [6, 6.07) is 9.44. The number of hydrogen-bond donors (Lipinski definition) is 1. The maximum Gasteiger partial charge on any atom is 0.275 e. The van der Waals surface area contributed by atoms with E-state index in [1.807, 2.05) is 0 Å². The lowest BCUT2D eigenvalue weighted by molar-refractivity contribution is 0.101. The summed E-state index contributed by atoms with van der Waals surface area (Å²) in [6.45, 7) is 3.69. The molecule has 0 radical (unpaired) electrons. The third kappa shape index (κ3) is 4.24. The van der Waals surface area contributed by atoms with Crippen LogP contribution in [0.25, 0.3) is 11.3 Å². The minimum Gasteiger partial charge on any atom is -0.354 e. The van der Waals surface area contributed by atoms with E-state index < -0.39 is 0 Å². The zero-order valence-electron chi connectivity index (χ0n) is 16.3. The lowest BCUT2D eigenvalue weighted by Gasteiger charge is -2.33. The van der Waals surface area contributed by atoms with E-state index in [1.54, 1.807) is 31.3 Å². The van der Waals surface area contributed by atoms with Crippen LogP contribution in [-0.2, 0) is 7.05 Å². The van der Waals surface area contributed by atoms with Crippen molar-refractivity contribution in [2.24, 2.45) is 7.05 Å². The van der Waals surface area contributed by atoms with E-state index in [4.69, 9.17) is 0 Å². The molecule has 0 unspecified atom stereocenters. The van der Waals surface area contributed by atoms with Crippen molar-refractivity contribution < 1.29 is 9.18 Å². The van der Waals surface area contributed by atoms with Crippen molar-refractivity contribution in [1.29, 1.82) is 0 Å². The molecule has 0 spiro atoms. The molecule has 1 aromatic carbocycles. The Kier molecular flexibility index (Phi) is 5.22. The molecule has 3 aromatic rings. The van der Waals surface area contributed by atoms with Gasteiger partial charge in [0.1, 0.15) is 29.5 Å². The Hall–Kier alpha value is -3.33. The summed E-state index contributed by atoms with van der Waals surface area (Å²) in [7, 11) is 3.79. The molecule has 1 amide bonds. The molecule has 3 heterocycles. The van der Waals surface area contributed by atoms with Gasteiger partial charge in [0.05, 0.1) is 5.69 Å². The molecule has 2 aromatic heterocycles. The van der Waals surface area contributed by atoms with E-state index in [2.05, 4.69) is 37.2 Å². The first-order valence-electron chi connectivity index (χ1n) is 9.36. The summed E-state index contributed by atoms with van der Waals surface area (Å²) < 4.78 is 14.6. The van der Waals surface area contributed by atoms with Crippen molar-refractivity contribution in [1.82, 2.24) is 24.6 Å². The number of hydrogen-bond acceptors (Lipinski definition) is 6. The van der Waals surface area contributed by atoms with Crippen LogP contribution in [0.3, 0.4) is 0 Å². The number of nitrogens with one attached hydrogen (secondary N) is 1. The Morgan fingerprint density at radius 2 is 1.76 bits per heavy atom. The Labute approximate surface area is 168 Å². The van der Waals surface area contributed by atoms with E-state index >= 15 is 0 Å².